The van der Waals surface area contributed by atoms with Gasteiger partial charge in [-0.15, -0.1) is 0 Å². The summed E-state index contributed by atoms with van der Waals surface area (Å²) in [4.78, 5) is 20.3. The number of nitrogens with one attached hydrogen (secondary N) is 1. The van der Waals surface area contributed by atoms with E-state index in [4.69, 9.17) is 0 Å². The molecule has 1 aliphatic heterocycles. The maximum Gasteiger partial charge on any atom is 0.256 e. The molecule has 4 heteroatoms. The highest BCUT2D eigenvalue weighted by atomic mass is 16.2. The fourth-order valence-corrected chi connectivity index (χ4v) is 3.08. The topological polar surface area (TPSA) is 39.3 Å². The van der Waals surface area contributed by atoms with Gasteiger partial charge in [-0.2, -0.15) is 0 Å². The number of fused-ring (bicyclic) bond motifs is 1. The van der Waals surface area contributed by atoms with Gasteiger partial charge in [-0.25, -0.2) is 0 Å². The molecule has 2 aromatic rings. The molecule has 1 N–H and O–H groups in total. The van der Waals surface area contributed by atoms with Crippen molar-refractivity contribution in [1.29, 1.82) is 0 Å². The summed E-state index contributed by atoms with van der Waals surface area (Å²) in [5, 5.41) is 1.09. The third-order valence-corrected chi connectivity index (χ3v) is 4.28. The molecule has 4 nitrogen and oxygen atoms in total. The second kappa shape index (κ2) is 5.29. The largest absolute Gasteiger partial charge is 0.361 e. The van der Waals surface area contributed by atoms with Crippen LogP contribution in [0.1, 0.15) is 24.2 Å². The number of carbonyl (C=O) groups excluding carboxylic acids is 1. The van der Waals surface area contributed by atoms with E-state index in [2.05, 4.69) is 23.7 Å². The number of likely N-dealkylation sites (N-methyl/N-ethyl adjacent to an activating group) is 1. The number of para-hydroxylation sites is 1. The van der Waals surface area contributed by atoms with Crippen molar-refractivity contribution >= 4 is 16.8 Å². The van der Waals surface area contributed by atoms with E-state index < -0.39 is 0 Å². The van der Waals surface area contributed by atoms with Gasteiger partial charge in [0, 0.05) is 37.3 Å². The van der Waals surface area contributed by atoms with E-state index in [9.17, 15) is 4.79 Å². The highest BCUT2D eigenvalue weighted by molar-refractivity contribution is 6.05. The number of benzene rings is 1. The van der Waals surface area contributed by atoms with Crippen molar-refractivity contribution in [3.63, 3.8) is 0 Å². The minimum atomic E-state index is 0.139. The van der Waals surface area contributed by atoms with Crippen LogP contribution in [0, 0.1) is 0 Å². The summed E-state index contributed by atoms with van der Waals surface area (Å²) >= 11 is 0. The number of rotatable bonds is 2. The Kier molecular flexibility index (Phi) is 3.49. The third-order valence-electron chi connectivity index (χ3n) is 4.28. The van der Waals surface area contributed by atoms with Crippen molar-refractivity contribution < 1.29 is 4.79 Å². The Hall–Kier alpha value is -1.81. The Balaban J connectivity index is 1.84. The van der Waals surface area contributed by atoms with Gasteiger partial charge in [0.15, 0.2) is 0 Å². The van der Waals surface area contributed by atoms with Crippen molar-refractivity contribution in [2.45, 2.75) is 19.9 Å². The van der Waals surface area contributed by atoms with Crippen LogP contribution < -0.4 is 0 Å². The average Bonchev–Trinajstić information content (AvgIpc) is 2.94. The number of hydrogen-bond acceptors (Lipinski definition) is 2. The summed E-state index contributed by atoms with van der Waals surface area (Å²) in [5.74, 6) is 0.139. The molecule has 0 aliphatic carbocycles. The van der Waals surface area contributed by atoms with Crippen molar-refractivity contribution in [1.82, 2.24) is 14.8 Å². The first kappa shape index (κ1) is 13.2. The van der Waals surface area contributed by atoms with Crippen LogP contribution in [-0.4, -0.2) is 52.9 Å². The molecule has 20 heavy (non-hydrogen) atoms. The molecule has 1 amide bonds. The zero-order chi connectivity index (χ0) is 14.1. The smallest absolute Gasteiger partial charge is 0.256 e. The van der Waals surface area contributed by atoms with Gasteiger partial charge in [-0.05, 0) is 25.6 Å². The Bertz CT molecular complexity index is 619. The van der Waals surface area contributed by atoms with E-state index in [0.29, 0.717) is 6.04 Å². The van der Waals surface area contributed by atoms with E-state index >= 15 is 0 Å². The lowest BCUT2D eigenvalue weighted by Crippen LogP contribution is -2.53. The van der Waals surface area contributed by atoms with Gasteiger partial charge in [0.1, 0.15) is 0 Å². The fraction of sp³-hybridized carbons (Fsp3) is 0.438. The molecule has 0 radical (unpaired) electrons. The lowest BCUT2D eigenvalue weighted by Gasteiger charge is -2.39. The molecule has 1 aromatic carbocycles. The lowest BCUT2D eigenvalue weighted by atomic mass is 10.1. The van der Waals surface area contributed by atoms with Crippen LogP contribution in [0.25, 0.3) is 10.9 Å². The average molecular weight is 271 g/mol. The molecule has 0 saturated carbocycles. The fourth-order valence-electron chi connectivity index (χ4n) is 3.08. The highest BCUT2D eigenvalue weighted by Crippen LogP contribution is 2.20. The molecule has 0 bridgehead atoms. The predicted octanol–water partition coefficient (Wildman–Crippen LogP) is 2.33. The van der Waals surface area contributed by atoms with Crippen LogP contribution in [0.3, 0.4) is 0 Å². The second-order valence-electron chi connectivity index (χ2n) is 5.48. The van der Waals surface area contributed by atoms with Crippen LogP contribution in [0.2, 0.25) is 0 Å². The number of amides is 1. The summed E-state index contributed by atoms with van der Waals surface area (Å²) in [7, 11) is 0. The van der Waals surface area contributed by atoms with Gasteiger partial charge in [-0.3, -0.25) is 9.69 Å². The maximum absolute atomic E-state index is 12.7. The van der Waals surface area contributed by atoms with E-state index in [1.807, 2.05) is 35.4 Å². The van der Waals surface area contributed by atoms with Gasteiger partial charge < -0.3 is 9.88 Å². The van der Waals surface area contributed by atoms with Gasteiger partial charge in [0.05, 0.1) is 11.1 Å². The van der Waals surface area contributed by atoms with Crippen molar-refractivity contribution in [2.24, 2.45) is 0 Å². The molecule has 1 unspecified atom stereocenters. The SMILES string of the molecule is CCN1CCN(C(=O)c2cccc3cc[nH]c23)CC1C. The van der Waals surface area contributed by atoms with Crippen molar-refractivity contribution in [3.05, 3.63) is 36.0 Å². The molecule has 1 saturated heterocycles. The molecular formula is C16H21N3O. The number of H-pyrrole nitrogens is 1. The van der Waals surface area contributed by atoms with E-state index in [1.165, 1.54) is 0 Å². The summed E-state index contributed by atoms with van der Waals surface area (Å²) < 4.78 is 0. The van der Waals surface area contributed by atoms with Gasteiger partial charge in [0.25, 0.3) is 5.91 Å². The predicted molar refractivity (Wildman–Crippen MR) is 80.9 cm³/mol. The molecule has 2 heterocycles. The standard InChI is InChI=1S/C16H21N3O/c1-3-18-9-10-19(11-12(18)2)16(20)14-6-4-5-13-7-8-17-15(13)14/h4-8,12,17H,3,9-11H2,1-2H3. The molecular weight excluding hydrogens is 250 g/mol. The molecule has 0 spiro atoms. The summed E-state index contributed by atoms with van der Waals surface area (Å²) in [5.41, 5.74) is 1.73. The number of aromatic nitrogens is 1. The Morgan fingerprint density at radius 2 is 2.20 bits per heavy atom. The minimum absolute atomic E-state index is 0.139. The van der Waals surface area contributed by atoms with Gasteiger partial charge >= 0.3 is 0 Å². The summed E-state index contributed by atoms with van der Waals surface area (Å²) in [6.07, 6.45) is 1.89. The van der Waals surface area contributed by atoms with Crippen molar-refractivity contribution in [3.8, 4) is 0 Å². The first-order valence-electron chi connectivity index (χ1n) is 7.30. The van der Waals surface area contributed by atoms with Crippen LogP contribution in [0.4, 0.5) is 0 Å². The van der Waals surface area contributed by atoms with Crippen LogP contribution in [-0.2, 0) is 0 Å². The molecule has 106 valence electrons. The Morgan fingerprint density at radius 3 is 2.95 bits per heavy atom. The van der Waals surface area contributed by atoms with E-state index in [0.717, 1.165) is 42.6 Å². The molecule has 1 aliphatic rings. The van der Waals surface area contributed by atoms with E-state index in [-0.39, 0.29) is 5.91 Å². The normalized spacial score (nSPS) is 20.5. The van der Waals surface area contributed by atoms with Gasteiger partial charge in [0.2, 0.25) is 0 Å². The minimum Gasteiger partial charge on any atom is -0.361 e. The van der Waals surface area contributed by atoms with E-state index in [1.54, 1.807) is 0 Å². The summed E-state index contributed by atoms with van der Waals surface area (Å²) in [6, 6.07) is 8.33. The number of piperazine rings is 1. The zero-order valence-corrected chi connectivity index (χ0v) is 12.1. The zero-order valence-electron chi connectivity index (χ0n) is 12.1. The second-order valence-corrected chi connectivity index (χ2v) is 5.48. The quantitative estimate of drug-likeness (QED) is 0.910. The van der Waals surface area contributed by atoms with Gasteiger partial charge in [-0.1, -0.05) is 19.1 Å². The Labute approximate surface area is 119 Å². The molecule has 1 fully saturated rings. The van der Waals surface area contributed by atoms with Crippen LogP contribution in [0.15, 0.2) is 30.5 Å². The Morgan fingerprint density at radius 1 is 1.35 bits per heavy atom. The maximum atomic E-state index is 12.7. The van der Waals surface area contributed by atoms with Crippen molar-refractivity contribution in [2.75, 3.05) is 26.2 Å². The summed E-state index contributed by atoms with van der Waals surface area (Å²) in [6.45, 7) is 8.00. The molecule has 3 rings (SSSR count). The molecule has 1 aromatic heterocycles. The monoisotopic (exact) mass is 271 g/mol. The first-order chi connectivity index (χ1) is 9.70. The third kappa shape index (κ3) is 2.20. The molecule has 1 atom stereocenters. The lowest BCUT2D eigenvalue weighted by molar-refractivity contribution is 0.0530. The first-order valence-corrected chi connectivity index (χ1v) is 7.30. The number of nitrogens with zero attached hydrogens (tertiary/aromatic N) is 2. The van der Waals surface area contributed by atoms with Crippen LogP contribution in [0.5, 0.6) is 0 Å². The number of aromatic amines is 1. The highest BCUT2D eigenvalue weighted by Gasteiger charge is 2.27. The van der Waals surface area contributed by atoms with Crippen LogP contribution >= 0.6 is 0 Å². The number of hydrogen-bond donors (Lipinski definition) is 1. The number of carbonyl (C=O) groups is 1.